The molecular formula is C18H20ClN3O3S. The Labute approximate surface area is 158 Å². The molecule has 0 atom stereocenters. The third-order valence-corrected chi connectivity index (χ3v) is 6.28. The fourth-order valence-corrected chi connectivity index (χ4v) is 4.79. The Morgan fingerprint density at radius 3 is 2.58 bits per heavy atom. The quantitative estimate of drug-likeness (QED) is 0.833. The second-order valence-corrected chi connectivity index (χ2v) is 8.47. The second-order valence-electron chi connectivity index (χ2n) is 6.05. The summed E-state index contributed by atoms with van der Waals surface area (Å²) >= 11 is 6.27. The number of sulfonamides is 1. The van der Waals surface area contributed by atoms with Crippen LogP contribution in [0.3, 0.4) is 0 Å². The molecule has 1 heterocycles. The molecule has 0 unspecified atom stereocenters. The summed E-state index contributed by atoms with van der Waals surface area (Å²) in [4.78, 5) is 12.0. The number of urea groups is 1. The van der Waals surface area contributed by atoms with Gasteiger partial charge in [-0.2, -0.15) is 0 Å². The highest BCUT2D eigenvalue weighted by Gasteiger charge is 2.27. The standard InChI is InChI=1S/C18H20ClN3O3S/c19-16-12-15(21-18(23)20-13-14-6-2-1-3-7-14)8-9-17(16)22-10-4-5-11-26(22,24)25/h1-3,6-9,12H,4-5,10-11,13H2,(H2,20,21,23). The maximum Gasteiger partial charge on any atom is 0.319 e. The van der Waals surface area contributed by atoms with E-state index in [0.29, 0.717) is 30.9 Å². The smallest absolute Gasteiger partial charge is 0.319 e. The number of nitrogens with zero attached hydrogens (tertiary/aromatic N) is 1. The molecule has 8 heteroatoms. The summed E-state index contributed by atoms with van der Waals surface area (Å²) in [7, 11) is -3.33. The highest BCUT2D eigenvalue weighted by molar-refractivity contribution is 7.92. The van der Waals surface area contributed by atoms with Crippen LogP contribution in [0.1, 0.15) is 18.4 Å². The molecule has 0 bridgehead atoms. The average Bonchev–Trinajstić information content (AvgIpc) is 2.61. The van der Waals surface area contributed by atoms with Gasteiger partial charge in [-0.1, -0.05) is 41.9 Å². The van der Waals surface area contributed by atoms with Gasteiger partial charge in [0, 0.05) is 18.8 Å². The minimum atomic E-state index is -3.33. The van der Waals surface area contributed by atoms with E-state index in [-0.39, 0.29) is 16.8 Å². The number of anilines is 2. The number of halogens is 1. The van der Waals surface area contributed by atoms with Crippen molar-refractivity contribution >= 4 is 39.0 Å². The van der Waals surface area contributed by atoms with Crippen molar-refractivity contribution in [1.82, 2.24) is 5.32 Å². The Balaban J connectivity index is 1.65. The lowest BCUT2D eigenvalue weighted by atomic mass is 10.2. The van der Waals surface area contributed by atoms with Gasteiger partial charge in [0.05, 0.1) is 16.5 Å². The molecule has 138 valence electrons. The van der Waals surface area contributed by atoms with E-state index < -0.39 is 10.0 Å². The zero-order chi connectivity index (χ0) is 18.6. The van der Waals surface area contributed by atoms with Gasteiger partial charge in [-0.25, -0.2) is 13.2 Å². The van der Waals surface area contributed by atoms with Crippen molar-refractivity contribution < 1.29 is 13.2 Å². The molecule has 1 fully saturated rings. The third kappa shape index (κ3) is 4.47. The van der Waals surface area contributed by atoms with E-state index in [0.717, 1.165) is 12.0 Å². The van der Waals surface area contributed by atoms with Gasteiger partial charge >= 0.3 is 6.03 Å². The summed E-state index contributed by atoms with van der Waals surface area (Å²) in [5.41, 5.74) is 1.94. The lowest BCUT2D eigenvalue weighted by molar-refractivity contribution is 0.251. The molecule has 0 spiro atoms. The number of benzene rings is 2. The zero-order valence-electron chi connectivity index (χ0n) is 14.1. The molecule has 6 nitrogen and oxygen atoms in total. The number of rotatable bonds is 4. The Kier molecular flexibility index (Phi) is 5.68. The van der Waals surface area contributed by atoms with Gasteiger partial charge in [0.15, 0.2) is 0 Å². The molecule has 1 saturated heterocycles. The fourth-order valence-electron chi connectivity index (χ4n) is 2.80. The first-order valence-electron chi connectivity index (χ1n) is 8.34. The molecule has 3 rings (SSSR count). The molecule has 0 aromatic heterocycles. The molecule has 0 saturated carbocycles. The molecule has 0 aliphatic carbocycles. The van der Waals surface area contributed by atoms with Crippen LogP contribution >= 0.6 is 11.6 Å². The average molecular weight is 394 g/mol. The van der Waals surface area contributed by atoms with Crippen LogP contribution in [-0.2, 0) is 16.6 Å². The zero-order valence-corrected chi connectivity index (χ0v) is 15.7. The van der Waals surface area contributed by atoms with Crippen LogP contribution in [0.25, 0.3) is 0 Å². The number of amides is 2. The van der Waals surface area contributed by atoms with Crippen LogP contribution in [0.5, 0.6) is 0 Å². The number of hydrogen-bond donors (Lipinski definition) is 2. The molecule has 2 aromatic rings. The van der Waals surface area contributed by atoms with Crippen LogP contribution in [0.2, 0.25) is 5.02 Å². The minimum absolute atomic E-state index is 0.130. The van der Waals surface area contributed by atoms with Crippen molar-refractivity contribution in [3.05, 3.63) is 59.1 Å². The van der Waals surface area contributed by atoms with E-state index in [4.69, 9.17) is 11.6 Å². The van der Waals surface area contributed by atoms with Gasteiger partial charge in [0.25, 0.3) is 0 Å². The van der Waals surface area contributed by atoms with E-state index >= 15 is 0 Å². The van der Waals surface area contributed by atoms with Gasteiger partial charge in [-0.05, 0) is 36.6 Å². The molecule has 0 radical (unpaired) electrons. The normalized spacial score (nSPS) is 16.1. The topological polar surface area (TPSA) is 78.5 Å². The molecule has 2 N–H and O–H groups in total. The molecule has 2 aromatic carbocycles. The van der Waals surface area contributed by atoms with Crippen molar-refractivity contribution in [2.45, 2.75) is 19.4 Å². The first kappa shape index (κ1) is 18.5. The lowest BCUT2D eigenvalue weighted by Gasteiger charge is -2.29. The number of carbonyl (C=O) groups excluding carboxylic acids is 1. The number of hydrogen-bond acceptors (Lipinski definition) is 3. The summed E-state index contributed by atoms with van der Waals surface area (Å²) in [6, 6.07) is 14.0. The second kappa shape index (κ2) is 7.97. The fraction of sp³-hybridized carbons (Fsp3) is 0.278. The Morgan fingerprint density at radius 1 is 1.12 bits per heavy atom. The lowest BCUT2D eigenvalue weighted by Crippen LogP contribution is -2.38. The van der Waals surface area contributed by atoms with Crippen molar-refractivity contribution in [1.29, 1.82) is 0 Å². The van der Waals surface area contributed by atoms with Gasteiger partial charge in [0.2, 0.25) is 10.0 Å². The third-order valence-electron chi connectivity index (χ3n) is 4.12. The van der Waals surface area contributed by atoms with Gasteiger partial charge in [-0.15, -0.1) is 0 Å². The summed E-state index contributed by atoms with van der Waals surface area (Å²) in [5, 5.41) is 5.75. The minimum Gasteiger partial charge on any atom is -0.334 e. The number of carbonyl (C=O) groups is 1. The summed E-state index contributed by atoms with van der Waals surface area (Å²) in [5.74, 6) is 0.130. The predicted molar refractivity (Wildman–Crippen MR) is 104 cm³/mol. The summed E-state index contributed by atoms with van der Waals surface area (Å²) in [6.45, 7) is 0.830. The van der Waals surface area contributed by atoms with Gasteiger partial charge in [-0.3, -0.25) is 4.31 Å². The van der Waals surface area contributed by atoms with E-state index in [9.17, 15) is 13.2 Å². The molecular weight excluding hydrogens is 374 g/mol. The highest BCUT2D eigenvalue weighted by Crippen LogP contribution is 2.32. The summed E-state index contributed by atoms with van der Waals surface area (Å²) < 4.78 is 25.8. The maximum absolute atomic E-state index is 12.2. The largest absolute Gasteiger partial charge is 0.334 e. The number of nitrogens with one attached hydrogen (secondary N) is 2. The van der Waals surface area contributed by atoms with E-state index in [1.54, 1.807) is 18.2 Å². The van der Waals surface area contributed by atoms with E-state index in [1.807, 2.05) is 30.3 Å². The van der Waals surface area contributed by atoms with Crippen LogP contribution in [0.4, 0.5) is 16.2 Å². The van der Waals surface area contributed by atoms with Gasteiger partial charge in [0.1, 0.15) is 0 Å². The first-order valence-corrected chi connectivity index (χ1v) is 10.3. The van der Waals surface area contributed by atoms with Crippen molar-refractivity contribution in [2.24, 2.45) is 0 Å². The summed E-state index contributed by atoms with van der Waals surface area (Å²) in [6.07, 6.45) is 1.47. The van der Waals surface area contributed by atoms with Crippen molar-refractivity contribution in [3.63, 3.8) is 0 Å². The SMILES string of the molecule is O=C(NCc1ccccc1)Nc1ccc(N2CCCCS2(=O)=O)c(Cl)c1. The molecule has 2 amide bonds. The highest BCUT2D eigenvalue weighted by atomic mass is 35.5. The van der Waals surface area contributed by atoms with Crippen molar-refractivity contribution in [2.75, 3.05) is 21.9 Å². The van der Waals surface area contributed by atoms with Crippen LogP contribution in [0.15, 0.2) is 48.5 Å². The maximum atomic E-state index is 12.2. The van der Waals surface area contributed by atoms with E-state index in [2.05, 4.69) is 10.6 Å². The van der Waals surface area contributed by atoms with Crippen LogP contribution in [0, 0.1) is 0 Å². The van der Waals surface area contributed by atoms with Gasteiger partial charge < -0.3 is 10.6 Å². The monoisotopic (exact) mass is 393 g/mol. The molecule has 1 aliphatic heterocycles. The first-order chi connectivity index (χ1) is 12.5. The predicted octanol–water partition coefficient (Wildman–Crippen LogP) is 3.59. The van der Waals surface area contributed by atoms with Crippen LogP contribution < -0.4 is 14.9 Å². The van der Waals surface area contributed by atoms with E-state index in [1.165, 1.54) is 4.31 Å². The van der Waals surface area contributed by atoms with Crippen LogP contribution in [-0.4, -0.2) is 26.7 Å². The molecule has 26 heavy (non-hydrogen) atoms. The molecule has 1 aliphatic rings. The Bertz CT molecular complexity index is 888. The Morgan fingerprint density at radius 2 is 1.88 bits per heavy atom. The van der Waals surface area contributed by atoms with Crippen molar-refractivity contribution in [3.8, 4) is 0 Å². The Hall–Kier alpha value is -2.25.